The number of benzene rings is 1. The van der Waals surface area contributed by atoms with Gasteiger partial charge in [-0.1, -0.05) is 0 Å². The molecule has 0 unspecified atom stereocenters. The van der Waals surface area contributed by atoms with Gasteiger partial charge in [-0.3, -0.25) is 4.79 Å². The van der Waals surface area contributed by atoms with Crippen LogP contribution in [0, 0.1) is 5.82 Å². The topological polar surface area (TPSA) is 17.1 Å². The fraction of sp³-hybridized carbons (Fsp3) is 0.300. The normalized spacial score (nSPS) is 21.4. The number of carbonyl (C=O) groups is 1. The van der Waals surface area contributed by atoms with Crippen LogP contribution in [0.15, 0.2) is 18.2 Å². The lowest BCUT2D eigenvalue weighted by atomic mass is 9.89. The van der Waals surface area contributed by atoms with Gasteiger partial charge in [0.05, 0.1) is 0 Å². The van der Waals surface area contributed by atoms with Crippen LogP contribution in [-0.2, 0) is 6.42 Å². The van der Waals surface area contributed by atoms with Gasteiger partial charge in [0.2, 0.25) is 0 Å². The van der Waals surface area contributed by atoms with E-state index in [1.807, 2.05) is 0 Å². The number of alkyl halides is 1. The number of rotatable bonds is 0. The monoisotopic (exact) mass is 182 g/mol. The molecule has 1 atom stereocenters. The van der Waals surface area contributed by atoms with E-state index in [-0.39, 0.29) is 12.2 Å². The van der Waals surface area contributed by atoms with Crippen molar-refractivity contribution in [3.05, 3.63) is 35.1 Å². The molecule has 0 aliphatic heterocycles. The number of ketones is 1. The second-order valence-electron chi connectivity index (χ2n) is 3.17. The zero-order chi connectivity index (χ0) is 9.42. The molecule has 0 saturated carbocycles. The molecule has 0 heterocycles. The van der Waals surface area contributed by atoms with Crippen LogP contribution in [0.5, 0.6) is 0 Å². The van der Waals surface area contributed by atoms with Crippen LogP contribution in [0.1, 0.15) is 22.3 Å². The van der Waals surface area contributed by atoms with Gasteiger partial charge in [-0.25, -0.2) is 8.78 Å². The molecular formula is C10H8F2O. The van der Waals surface area contributed by atoms with E-state index in [2.05, 4.69) is 0 Å². The Kier molecular flexibility index (Phi) is 1.87. The van der Waals surface area contributed by atoms with Gasteiger partial charge in [0, 0.05) is 5.56 Å². The van der Waals surface area contributed by atoms with Gasteiger partial charge in [0.15, 0.2) is 12.0 Å². The maximum atomic E-state index is 12.9. The Hall–Kier alpha value is -1.25. The Bertz CT molecular complexity index is 360. The molecule has 3 heteroatoms. The van der Waals surface area contributed by atoms with Crippen molar-refractivity contribution in [3.8, 4) is 0 Å². The highest BCUT2D eigenvalue weighted by Crippen LogP contribution is 2.23. The summed E-state index contributed by atoms with van der Waals surface area (Å²) in [5.74, 6) is -0.884. The van der Waals surface area contributed by atoms with Crippen LogP contribution < -0.4 is 0 Å². The number of carbonyl (C=O) groups excluding carboxylic acids is 1. The van der Waals surface area contributed by atoms with Crippen LogP contribution in [0.4, 0.5) is 8.78 Å². The van der Waals surface area contributed by atoms with Crippen molar-refractivity contribution in [2.24, 2.45) is 0 Å². The van der Waals surface area contributed by atoms with Crippen molar-refractivity contribution in [2.75, 3.05) is 0 Å². The standard InChI is InChI=1S/C10H8F2O/c11-7-2-3-8-6(5-7)1-4-9(12)10(8)13/h2-3,5,9H,1,4H2/t9-/m1/s1. The van der Waals surface area contributed by atoms with Crippen LogP contribution in [-0.4, -0.2) is 12.0 Å². The molecule has 0 bridgehead atoms. The molecule has 0 aromatic heterocycles. The van der Waals surface area contributed by atoms with E-state index < -0.39 is 12.0 Å². The molecule has 1 aromatic carbocycles. The van der Waals surface area contributed by atoms with Crippen molar-refractivity contribution in [1.82, 2.24) is 0 Å². The van der Waals surface area contributed by atoms with Gasteiger partial charge in [-0.2, -0.15) is 0 Å². The first kappa shape index (κ1) is 8.35. The summed E-state index contributed by atoms with van der Waals surface area (Å²) >= 11 is 0. The van der Waals surface area contributed by atoms with Crippen molar-refractivity contribution >= 4 is 5.78 Å². The first-order valence-corrected chi connectivity index (χ1v) is 4.15. The summed E-state index contributed by atoms with van der Waals surface area (Å²) in [6, 6.07) is 3.85. The van der Waals surface area contributed by atoms with Crippen molar-refractivity contribution in [3.63, 3.8) is 0 Å². The Balaban J connectivity index is 2.50. The third kappa shape index (κ3) is 1.34. The Morgan fingerprint density at radius 3 is 2.92 bits per heavy atom. The molecule has 68 valence electrons. The van der Waals surface area contributed by atoms with Crippen LogP contribution in [0.25, 0.3) is 0 Å². The summed E-state index contributed by atoms with van der Waals surface area (Å²) in [7, 11) is 0. The fourth-order valence-corrected chi connectivity index (χ4v) is 1.59. The number of halogens is 2. The van der Waals surface area contributed by atoms with Crippen molar-refractivity contribution < 1.29 is 13.6 Å². The minimum atomic E-state index is -1.40. The summed E-state index contributed by atoms with van der Waals surface area (Å²) in [6.07, 6.45) is -0.784. The number of hydrogen-bond donors (Lipinski definition) is 0. The number of aryl methyl sites for hydroxylation is 1. The maximum Gasteiger partial charge on any atom is 0.197 e. The molecule has 1 aliphatic carbocycles. The zero-order valence-electron chi connectivity index (χ0n) is 6.89. The largest absolute Gasteiger partial charge is 0.291 e. The average molecular weight is 182 g/mol. The highest BCUT2D eigenvalue weighted by atomic mass is 19.1. The Labute approximate surface area is 74.4 Å². The Morgan fingerprint density at radius 2 is 2.15 bits per heavy atom. The smallest absolute Gasteiger partial charge is 0.197 e. The summed E-state index contributed by atoms with van der Waals surface area (Å²) in [4.78, 5) is 11.2. The molecule has 0 fully saturated rings. The molecule has 0 saturated heterocycles. The number of Topliss-reactive ketones (excluding diaryl/α,β-unsaturated/α-hetero) is 1. The first-order valence-electron chi connectivity index (χ1n) is 4.15. The van der Waals surface area contributed by atoms with E-state index in [0.717, 1.165) is 0 Å². The molecule has 1 aliphatic rings. The first-order chi connectivity index (χ1) is 6.18. The SMILES string of the molecule is O=C1c2ccc(F)cc2CC[C@H]1F. The van der Waals surface area contributed by atoms with E-state index in [1.54, 1.807) is 0 Å². The third-order valence-electron chi connectivity index (χ3n) is 2.28. The molecule has 0 spiro atoms. The summed E-state index contributed by atoms with van der Waals surface area (Å²) < 4.78 is 25.6. The number of hydrogen-bond acceptors (Lipinski definition) is 1. The minimum Gasteiger partial charge on any atom is -0.291 e. The fourth-order valence-electron chi connectivity index (χ4n) is 1.59. The zero-order valence-corrected chi connectivity index (χ0v) is 6.89. The number of fused-ring (bicyclic) bond motifs is 1. The lowest BCUT2D eigenvalue weighted by Gasteiger charge is -2.17. The summed E-state index contributed by atoms with van der Waals surface area (Å²) in [6.45, 7) is 0. The highest BCUT2D eigenvalue weighted by molar-refractivity contribution is 6.01. The highest BCUT2D eigenvalue weighted by Gasteiger charge is 2.26. The summed E-state index contributed by atoms with van der Waals surface area (Å²) in [5.41, 5.74) is 0.957. The van der Waals surface area contributed by atoms with E-state index in [0.29, 0.717) is 17.5 Å². The van der Waals surface area contributed by atoms with E-state index in [9.17, 15) is 13.6 Å². The van der Waals surface area contributed by atoms with Crippen molar-refractivity contribution in [2.45, 2.75) is 19.0 Å². The van der Waals surface area contributed by atoms with Crippen molar-refractivity contribution in [1.29, 1.82) is 0 Å². The lowest BCUT2D eigenvalue weighted by molar-refractivity contribution is 0.0856. The van der Waals surface area contributed by atoms with Gasteiger partial charge < -0.3 is 0 Å². The van der Waals surface area contributed by atoms with Gasteiger partial charge in [-0.15, -0.1) is 0 Å². The molecule has 13 heavy (non-hydrogen) atoms. The molecular weight excluding hydrogens is 174 g/mol. The molecule has 2 rings (SSSR count). The van der Waals surface area contributed by atoms with Crippen LogP contribution >= 0.6 is 0 Å². The summed E-state index contributed by atoms with van der Waals surface area (Å²) in [5, 5.41) is 0. The molecule has 0 N–H and O–H groups in total. The molecule has 1 nitrogen and oxygen atoms in total. The minimum absolute atomic E-state index is 0.176. The maximum absolute atomic E-state index is 12.9. The average Bonchev–Trinajstić information content (AvgIpc) is 2.12. The lowest BCUT2D eigenvalue weighted by Crippen LogP contribution is -2.23. The predicted molar refractivity (Wildman–Crippen MR) is 43.9 cm³/mol. The molecule has 0 radical (unpaired) electrons. The van der Waals surface area contributed by atoms with Crippen LogP contribution in [0.2, 0.25) is 0 Å². The van der Waals surface area contributed by atoms with Crippen LogP contribution in [0.3, 0.4) is 0 Å². The van der Waals surface area contributed by atoms with Gasteiger partial charge in [0.1, 0.15) is 5.82 Å². The van der Waals surface area contributed by atoms with Gasteiger partial charge in [0.25, 0.3) is 0 Å². The Morgan fingerprint density at radius 1 is 1.38 bits per heavy atom. The third-order valence-corrected chi connectivity index (χ3v) is 2.28. The second-order valence-corrected chi connectivity index (χ2v) is 3.17. The molecule has 1 aromatic rings. The van der Waals surface area contributed by atoms with E-state index >= 15 is 0 Å². The predicted octanol–water partition coefficient (Wildman–Crippen LogP) is 2.29. The van der Waals surface area contributed by atoms with Gasteiger partial charge >= 0.3 is 0 Å². The molecule has 0 amide bonds. The van der Waals surface area contributed by atoms with E-state index in [4.69, 9.17) is 0 Å². The quantitative estimate of drug-likeness (QED) is 0.601. The second kappa shape index (κ2) is 2.91. The van der Waals surface area contributed by atoms with Gasteiger partial charge in [-0.05, 0) is 36.6 Å². The van der Waals surface area contributed by atoms with E-state index in [1.165, 1.54) is 18.2 Å².